The van der Waals surface area contributed by atoms with Crippen molar-refractivity contribution in [2.24, 2.45) is 5.41 Å². The summed E-state index contributed by atoms with van der Waals surface area (Å²) in [7, 11) is 0. The van der Waals surface area contributed by atoms with E-state index in [0.717, 1.165) is 52.6 Å². The van der Waals surface area contributed by atoms with E-state index in [-0.39, 0.29) is 11.5 Å². The minimum atomic E-state index is -0.394. The third-order valence-corrected chi connectivity index (χ3v) is 4.26. The topological polar surface area (TPSA) is 34.2 Å². The Kier molecular flexibility index (Phi) is 5.65. The second-order valence-corrected chi connectivity index (χ2v) is 7.22. The standard InChI is InChI=1S/C16H32N2O3/c1-14(2)21-16(15(3,4)5,17-6-10-19-11-7-17)18-8-12-20-13-9-18/h14H,6-13H2,1-5H3. The first kappa shape index (κ1) is 17.2. The van der Waals surface area contributed by atoms with Crippen LogP contribution in [0.3, 0.4) is 0 Å². The average Bonchev–Trinajstić information content (AvgIpc) is 2.45. The molecule has 2 aliphatic rings. The summed E-state index contributed by atoms with van der Waals surface area (Å²) in [6.45, 7) is 17.9. The summed E-state index contributed by atoms with van der Waals surface area (Å²) in [6.07, 6.45) is 0.176. The van der Waals surface area contributed by atoms with Crippen LogP contribution in [-0.4, -0.2) is 74.4 Å². The van der Waals surface area contributed by atoms with E-state index >= 15 is 0 Å². The molecule has 0 unspecified atom stereocenters. The van der Waals surface area contributed by atoms with E-state index in [1.807, 2.05) is 0 Å². The van der Waals surface area contributed by atoms with Crippen LogP contribution in [0.4, 0.5) is 0 Å². The van der Waals surface area contributed by atoms with E-state index in [2.05, 4.69) is 44.4 Å². The fraction of sp³-hybridized carbons (Fsp3) is 1.00. The Hall–Kier alpha value is -0.200. The molecule has 0 aromatic rings. The van der Waals surface area contributed by atoms with Gasteiger partial charge in [0.05, 0.1) is 32.5 Å². The second kappa shape index (κ2) is 6.92. The summed E-state index contributed by atoms with van der Waals surface area (Å²) in [6, 6.07) is 0. The molecule has 2 fully saturated rings. The lowest BCUT2D eigenvalue weighted by molar-refractivity contribution is -0.329. The van der Waals surface area contributed by atoms with Crippen molar-refractivity contribution in [1.29, 1.82) is 0 Å². The Morgan fingerprint density at radius 3 is 1.48 bits per heavy atom. The average molecular weight is 300 g/mol. The molecule has 0 bridgehead atoms. The molecule has 0 spiro atoms. The van der Waals surface area contributed by atoms with E-state index in [9.17, 15) is 0 Å². The first-order valence-electron chi connectivity index (χ1n) is 8.21. The van der Waals surface area contributed by atoms with Gasteiger partial charge in [-0.1, -0.05) is 20.8 Å². The summed E-state index contributed by atoms with van der Waals surface area (Å²) in [5, 5.41) is 0. The summed E-state index contributed by atoms with van der Waals surface area (Å²) in [4.78, 5) is 4.95. The van der Waals surface area contributed by atoms with Crippen molar-refractivity contribution in [3.05, 3.63) is 0 Å². The van der Waals surface area contributed by atoms with Crippen LogP contribution >= 0.6 is 0 Å². The van der Waals surface area contributed by atoms with Gasteiger partial charge in [-0.25, -0.2) is 0 Å². The molecule has 2 aliphatic heterocycles. The number of nitrogens with zero attached hydrogens (tertiary/aromatic N) is 2. The molecule has 5 heteroatoms. The molecule has 2 saturated heterocycles. The largest absolute Gasteiger partial charge is 0.379 e. The van der Waals surface area contributed by atoms with Gasteiger partial charge in [0.15, 0.2) is 5.85 Å². The van der Waals surface area contributed by atoms with Crippen LogP contribution in [-0.2, 0) is 14.2 Å². The van der Waals surface area contributed by atoms with Crippen LogP contribution in [0.5, 0.6) is 0 Å². The zero-order chi connectivity index (χ0) is 15.5. The zero-order valence-electron chi connectivity index (χ0n) is 14.4. The van der Waals surface area contributed by atoms with Crippen molar-refractivity contribution in [2.75, 3.05) is 52.6 Å². The van der Waals surface area contributed by atoms with Crippen molar-refractivity contribution < 1.29 is 14.2 Å². The highest BCUT2D eigenvalue weighted by molar-refractivity contribution is 4.95. The maximum atomic E-state index is 6.62. The number of hydrogen-bond donors (Lipinski definition) is 0. The van der Waals surface area contributed by atoms with Crippen LogP contribution < -0.4 is 0 Å². The number of morpholine rings is 2. The number of ether oxygens (including phenoxy) is 3. The van der Waals surface area contributed by atoms with Gasteiger partial charge in [-0.3, -0.25) is 9.80 Å². The first-order valence-corrected chi connectivity index (χ1v) is 8.21. The Balaban J connectivity index is 2.36. The highest BCUT2D eigenvalue weighted by Gasteiger charge is 2.53. The van der Waals surface area contributed by atoms with Crippen LogP contribution in [0.15, 0.2) is 0 Å². The Bertz CT molecular complexity index is 298. The minimum Gasteiger partial charge on any atom is -0.379 e. The fourth-order valence-electron chi connectivity index (χ4n) is 3.54. The molecule has 0 aromatic heterocycles. The van der Waals surface area contributed by atoms with E-state index in [1.54, 1.807) is 0 Å². The molecule has 124 valence electrons. The molecular formula is C16H32N2O3. The van der Waals surface area contributed by atoms with Crippen molar-refractivity contribution in [2.45, 2.75) is 46.6 Å². The molecule has 21 heavy (non-hydrogen) atoms. The van der Waals surface area contributed by atoms with Crippen molar-refractivity contribution in [3.63, 3.8) is 0 Å². The second-order valence-electron chi connectivity index (χ2n) is 7.22. The lowest BCUT2D eigenvalue weighted by Gasteiger charge is -2.59. The van der Waals surface area contributed by atoms with Gasteiger partial charge < -0.3 is 14.2 Å². The van der Waals surface area contributed by atoms with Gasteiger partial charge in [0.25, 0.3) is 0 Å². The van der Waals surface area contributed by atoms with Crippen LogP contribution in [0.2, 0.25) is 0 Å². The SMILES string of the molecule is CC(C)OC(N1CCOCC1)(N1CCOCC1)C(C)(C)C. The molecule has 2 heterocycles. The van der Waals surface area contributed by atoms with E-state index in [1.165, 1.54) is 0 Å². The van der Waals surface area contributed by atoms with Gasteiger partial charge in [-0.05, 0) is 13.8 Å². The van der Waals surface area contributed by atoms with Crippen LogP contribution in [0.25, 0.3) is 0 Å². The summed E-state index contributed by atoms with van der Waals surface area (Å²) >= 11 is 0. The lowest BCUT2D eigenvalue weighted by Crippen LogP contribution is -2.72. The Morgan fingerprint density at radius 2 is 1.19 bits per heavy atom. The molecule has 5 nitrogen and oxygen atoms in total. The Labute approximate surface area is 129 Å². The molecule has 0 N–H and O–H groups in total. The molecule has 0 aliphatic carbocycles. The molecule has 2 rings (SSSR count). The molecule has 0 aromatic carbocycles. The van der Waals surface area contributed by atoms with Gasteiger partial charge in [-0.2, -0.15) is 0 Å². The van der Waals surface area contributed by atoms with Crippen molar-refractivity contribution >= 4 is 0 Å². The predicted octanol–water partition coefficient (Wildman–Crippen LogP) is 1.78. The molecular weight excluding hydrogens is 268 g/mol. The van der Waals surface area contributed by atoms with Crippen LogP contribution in [0.1, 0.15) is 34.6 Å². The summed E-state index contributed by atoms with van der Waals surface area (Å²) < 4.78 is 17.7. The van der Waals surface area contributed by atoms with Gasteiger partial charge in [-0.15, -0.1) is 0 Å². The van der Waals surface area contributed by atoms with Crippen LogP contribution in [0, 0.1) is 5.41 Å². The van der Waals surface area contributed by atoms with Crippen molar-refractivity contribution in [3.8, 4) is 0 Å². The number of rotatable bonds is 4. The summed E-state index contributed by atoms with van der Waals surface area (Å²) in [5.74, 6) is -0.394. The van der Waals surface area contributed by atoms with Gasteiger partial charge in [0.1, 0.15) is 0 Å². The molecule has 0 saturated carbocycles. The molecule has 0 radical (unpaired) electrons. The molecule has 0 atom stereocenters. The third-order valence-electron chi connectivity index (χ3n) is 4.26. The first-order chi connectivity index (χ1) is 9.88. The Morgan fingerprint density at radius 1 is 0.810 bits per heavy atom. The molecule has 0 amide bonds. The minimum absolute atomic E-state index is 0.0219. The van der Waals surface area contributed by atoms with E-state index in [4.69, 9.17) is 14.2 Å². The predicted molar refractivity (Wildman–Crippen MR) is 83.2 cm³/mol. The lowest BCUT2D eigenvalue weighted by atomic mass is 9.85. The van der Waals surface area contributed by atoms with Gasteiger partial charge >= 0.3 is 0 Å². The number of hydrogen-bond acceptors (Lipinski definition) is 5. The highest BCUT2D eigenvalue weighted by Crippen LogP contribution is 2.41. The van der Waals surface area contributed by atoms with Gasteiger partial charge in [0.2, 0.25) is 0 Å². The highest BCUT2D eigenvalue weighted by atomic mass is 16.6. The van der Waals surface area contributed by atoms with Crippen molar-refractivity contribution in [1.82, 2.24) is 9.80 Å². The van der Waals surface area contributed by atoms with Gasteiger partial charge in [0, 0.05) is 31.6 Å². The summed E-state index contributed by atoms with van der Waals surface area (Å²) in [5.41, 5.74) is -0.0219. The maximum absolute atomic E-state index is 6.62. The smallest absolute Gasteiger partial charge is 0.185 e. The quantitative estimate of drug-likeness (QED) is 0.790. The monoisotopic (exact) mass is 300 g/mol. The maximum Gasteiger partial charge on any atom is 0.185 e. The fourth-order valence-corrected chi connectivity index (χ4v) is 3.54. The third kappa shape index (κ3) is 3.59. The normalized spacial score (nSPS) is 23.7. The zero-order valence-corrected chi connectivity index (χ0v) is 14.4. The van der Waals surface area contributed by atoms with E-state index in [0.29, 0.717) is 0 Å². The van der Waals surface area contributed by atoms with E-state index < -0.39 is 5.85 Å².